The minimum Gasteiger partial charge on any atom is -0.368 e. The van der Waals surface area contributed by atoms with Gasteiger partial charge in [-0.15, -0.1) is 5.10 Å². The van der Waals surface area contributed by atoms with E-state index in [1.165, 1.54) is 22.0 Å². The number of aromatic amines is 1. The molecule has 0 saturated heterocycles. The van der Waals surface area contributed by atoms with Crippen molar-refractivity contribution in [3.05, 3.63) is 78.1 Å². The Labute approximate surface area is 164 Å². The van der Waals surface area contributed by atoms with Crippen molar-refractivity contribution >= 4 is 22.7 Å². The standard InChI is InChI=1S/C22H24N6/c1-2-7-17(8-3-1)9-6-13-24-22-27-21(16-26-28-22)23-14-12-18-15-25-20-11-5-4-10-19(18)20/h1-5,7-8,10-11,15-16,25H,6,9,12-14H2,(H2,23,24,27,28). The summed E-state index contributed by atoms with van der Waals surface area (Å²) in [6.45, 7) is 1.60. The van der Waals surface area contributed by atoms with Crippen LogP contribution in [0.4, 0.5) is 11.8 Å². The van der Waals surface area contributed by atoms with E-state index in [1.807, 2.05) is 12.1 Å². The molecule has 2 aromatic carbocycles. The molecule has 6 nitrogen and oxygen atoms in total. The third-order valence-electron chi connectivity index (χ3n) is 4.70. The van der Waals surface area contributed by atoms with Crippen LogP contribution in [0.3, 0.4) is 0 Å². The normalized spacial score (nSPS) is 10.9. The van der Waals surface area contributed by atoms with Crippen LogP contribution in [-0.2, 0) is 12.8 Å². The number of aromatic nitrogens is 4. The van der Waals surface area contributed by atoms with Crippen molar-refractivity contribution in [1.29, 1.82) is 0 Å². The predicted molar refractivity (Wildman–Crippen MR) is 114 cm³/mol. The van der Waals surface area contributed by atoms with Crippen molar-refractivity contribution in [3.63, 3.8) is 0 Å². The molecule has 2 aromatic heterocycles. The van der Waals surface area contributed by atoms with E-state index in [0.29, 0.717) is 5.95 Å². The van der Waals surface area contributed by atoms with Crippen LogP contribution in [0.25, 0.3) is 10.9 Å². The number of para-hydroxylation sites is 1. The lowest BCUT2D eigenvalue weighted by Crippen LogP contribution is -2.11. The molecule has 0 unspecified atom stereocenters. The van der Waals surface area contributed by atoms with Gasteiger partial charge in [0.25, 0.3) is 0 Å². The number of hydrogen-bond acceptors (Lipinski definition) is 5. The summed E-state index contributed by atoms with van der Waals surface area (Å²) in [5, 5.41) is 16.0. The van der Waals surface area contributed by atoms with Gasteiger partial charge in [-0.25, -0.2) is 0 Å². The second kappa shape index (κ2) is 8.99. The zero-order chi connectivity index (χ0) is 19.0. The van der Waals surface area contributed by atoms with Crippen LogP contribution in [0.1, 0.15) is 17.5 Å². The molecule has 142 valence electrons. The van der Waals surface area contributed by atoms with Gasteiger partial charge in [0.1, 0.15) is 0 Å². The molecule has 0 aliphatic rings. The number of benzene rings is 2. The van der Waals surface area contributed by atoms with E-state index in [0.717, 1.165) is 38.2 Å². The number of aryl methyl sites for hydroxylation is 1. The predicted octanol–water partition coefficient (Wildman–Crippen LogP) is 4.05. The third-order valence-corrected chi connectivity index (χ3v) is 4.70. The highest BCUT2D eigenvalue weighted by Gasteiger charge is 2.04. The maximum absolute atomic E-state index is 4.49. The minimum atomic E-state index is 0.560. The Kier molecular flexibility index (Phi) is 5.77. The lowest BCUT2D eigenvalue weighted by molar-refractivity contribution is 0.841. The van der Waals surface area contributed by atoms with Crippen molar-refractivity contribution in [2.45, 2.75) is 19.3 Å². The summed E-state index contributed by atoms with van der Waals surface area (Å²) in [7, 11) is 0. The number of nitrogens with zero attached hydrogens (tertiary/aromatic N) is 3. The first-order chi connectivity index (χ1) is 13.9. The average Bonchev–Trinajstić information content (AvgIpc) is 3.16. The SMILES string of the molecule is c1ccc(CCCNc2nncc(NCCc3c[nH]c4ccccc34)n2)cc1. The van der Waals surface area contributed by atoms with Gasteiger partial charge >= 0.3 is 0 Å². The van der Waals surface area contributed by atoms with E-state index >= 15 is 0 Å². The molecule has 0 bridgehead atoms. The topological polar surface area (TPSA) is 78.5 Å². The van der Waals surface area contributed by atoms with Gasteiger partial charge < -0.3 is 15.6 Å². The van der Waals surface area contributed by atoms with Crippen molar-refractivity contribution < 1.29 is 0 Å². The molecule has 3 N–H and O–H groups in total. The fraction of sp³-hybridized carbons (Fsp3) is 0.227. The van der Waals surface area contributed by atoms with Gasteiger partial charge in [0.15, 0.2) is 5.82 Å². The largest absolute Gasteiger partial charge is 0.368 e. The number of fused-ring (bicyclic) bond motifs is 1. The fourth-order valence-electron chi connectivity index (χ4n) is 3.26. The molecule has 28 heavy (non-hydrogen) atoms. The van der Waals surface area contributed by atoms with Crippen LogP contribution in [0, 0.1) is 0 Å². The summed E-state index contributed by atoms with van der Waals surface area (Å²) in [5.41, 5.74) is 3.81. The van der Waals surface area contributed by atoms with Crippen molar-refractivity contribution in [2.75, 3.05) is 23.7 Å². The molecule has 0 spiro atoms. The minimum absolute atomic E-state index is 0.560. The van der Waals surface area contributed by atoms with Crippen LogP contribution in [-0.4, -0.2) is 33.3 Å². The molecule has 0 fully saturated rings. The van der Waals surface area contributed by atoms with E-state index < -0.39 is 0 Å². The molecule has 0 aliphatic heterocycles. The van der Waals surface area contributed by atoms with Gasteiger partial charge in [0, 0.05) is 30.2 Å². The smallest absolute Gasteiger partial charge is 0.244 e. The maximum atomic E-state index is 4.49. The van der Waals surface area contributed by atoms with E-state index in [9.17, 15) is 0 Å². The summed E-state index contributed by atoms with van der Waals surface area (Å²) in [4.78, 5) is 7.81. The van der Waals surface area contributed by atoms with E-state index in [-0.39, 0.29) is 0 Å². The van der Waals surface area contributed by atoms with Gasteiger partial charge in [-0.1, -0.05) is 48.5 Å². The van der Waals surface area contributed by atoms with Crippen molar-refractivity contribution in [2.24, 2.45) is 0 Å². The number of H-pyrrole nitrogens is 1. The molecule has 0 aliphatic carbocycles. The lowest BCUT2D eigenvalue weighted by Gasteiger charge is -2.07. The Hall–Kier alpha value is -3.41. The summed E-state index contributed by atoms with van der Waals surface area (Å²) in [6.07, 6.45) is 6.69. The Balaban J connectivity index is 1.24. The number of hydrogen-bond donors (Lipinski definition) is 3. The van der Waals surface area contributed by atoms with Crippen molar-refractivity contribution in [1.82, 2.24) is 20.2 Å². The monoisotopic (exact) mass is 372 g/mol. The Morgan fingerprint density at radius 1 is 0.857 bits per heavy atom. The van der Waals surface area contributed by atoms with Crippen LogP contribution in [0.5, 0.6) is 0 Å². The van der Waals surface area contributed by atoms with E-state index in [1.54, 1.807) is 6.20 Å². The van der Waals surface area contributed by atoms with Gasteiger partial charge in [0.05, 0.1) is 6.20 Å². The maximum Gasteiger partial charge on any atom is 0.244 e. The first-order valence-corrected chi connectivity index (χ1v) is 9.65. The number of anilines is 2. The van der Waals surface area contributed by atoms with Crippen LogP contribution >= 0.6 is 0 Å². The Morgan fingerprint density at radius 3 is 2.64 bits per heavy atom. The molecular weight excluding hydrogens is 348 g/mol. The molecule has 0 atom stereocenters. The zero-order valence-electron chi connectivity index (χ0n) is 15.7. The number of rotatable bonds is 9. The summed E-state index contributed by atoms with van der Waals surface area (Å²) < 4.78 is 0. The first kappa shape index (κ1) is 18.0. The first-order valence-electron chi connectivity index (χ1n) is 9.65. The third kappa shape index (κ3) is 4.65. The summed E-state index contributed by atoms with van der Waals surface area (Å²) in [6, 6.07) is 18.8. The molecule has 0 amide bonds. The van der Waals surface area contributed by atoms with E-state index in [2.05, 4.69) is 79.5 Å². The molecule has 0 saturated carbocycles. The Bertz CT molecular complexity index is 1010. The molecule has 6 heteroatoms. The molecular formula is C22H24N6. The van der Waals surface area contributed by atoms with Crippen LogP contribution < -0.4 is 10.6 Å². The molecule has 4 aromatic rings. The summed E-state index contributed by atoms with van der Waals surface area (Å²) >= 11 is 0. The van der Waals surface area contributed by atoms with Gasteiger partial charge in [-0.05, 0) is 36.5 Å². The number of nitrogens with one attached hydrogen (secondary N) is 3. The van der Waals surface area contributed by atoms with Crippen molar-refractivity contribution in [3.8, 4) is 0 Å². The average molecular weight is 372 g/mol. The second-order valence-corrected chi connectivity index (χ2v) is 6.72. The zero-order valence-corrected chi connectivity index (χ0v) is 15.7. The highest BCUT2D eigenvalue weighted by atomic mass is 15.3. The van der Waals surface area contributed by atoms with Gasteiger partial charge in [-0.3, -0.25) is 0 Å². The molecule has 0 radical (unpaired) electrons. The highest BCUT2D eigenvalue weighted by Crippen LogP contribution is 2.18. The Morgan fingerprint density at radius 2 is 1.71 bits per heavy atom. The van der Waals surface area contributed by atoms with Crippen LogP contribution in [0.2, 0.25) is 0 Å². The van der Waals surface area contributed by atoms with Crippen LogP contribution in [0.15, 0.2) is 67.0 Å². The quantitative estimate of drug-likeness (QED) is 0.386. The molecule has 2 heterocycles. The highest BCUT2D eigenvalue weighted by molar-refractivity contribution is 5.83. The van der Waals surface area contributed by atoms with Gasteiger partial charge in [0.2, 0.25) is 5.95 Å². The summed E-state index contributed by atoms with van der Waals surface area (Å²) in [5.74, 6) is 1.30. The fourth-order valence-corrected chi connectivity index (χ4v) is 3.26. The molecule has 4 rings (SSSR count). The lowest BCUT2D eigenvalue weighted by atomic mass is 10.1. The second-order valence-electron chi connectivity index (χ2n) is 6.72. The van der Waals surface area contributed by atoms with E-state index in [4.69, 9.17) is 0 Å². The van der Waals surface area contributed by atoms with Gasteiger partial charge in [-0.2, -0.15) is 10.1 Å².